The molecule has 128 valence electrons. The van der Waals surface area contributed by atoms with Gasteiger partial charge in [-0.3, -0.25) is 4.79 Å². The van der Waals surface area contributed by atoms with Crippen LogP contribution >= 0.6 is 0 Å². The summed E-state index contributed by atoms with van der Waals surface area (Å²) in [5, 5.41) is 6.69. The minimum Gasteiger partial charge on any atom is -0.371 e. The van der Waals surface area contributed by atoms with Gasteiger partial charge in [0.1, 0.15) is 16.9 Å². The van der Waals surface area contributed by atoms with Crippen LogP contribution in [0.25, 0.3) is 11.0 Å². The van der Waals surface area contributed by atoms with Crippen LogP contribution in [-0.2, 0) is 6.42 Å². The van der Waals surface area contributed by atoms with Crippen molar-refractivity contribution in [2.75, 3.05) is 12.4 Å². The first kappa shape index (κ1) is 16.4. The third-order valence-electron chi connectivity index (χ3n) is 3.57. The number of aryl methyl sites for hydroxylation is 1. The smallest absolute Gasteiger partial charge is 0.254 e. The molecule has 0 unspecified atom stereocenters. The standard InChI is InChI=1S/C16H14F2N6O/c1-3-11-21-10-6-8(12(17)13(18)14(10)22-11)4-5-24-7-9(15(19)25)16(20-2)23-24/h6-7H,3H2,1-2H3,(H2,19,25)(H,20,23)(H,21,22). The van der Waals surface area contributed by atoms with Gasteiger partial charge in [0.25, 0.3) is 5.91 Å². The second kappa shape index (κ2) is 6.24. The predicted octanol–water partition coefficient (Wildman–Crippen LogP) is 1.60. The average Bonchev–Trinajstić information content (AvgIpc) is 3.20. The van der Waals surface area contributed by atoms with Crippen molar-refractivity contribution in [1.82, 2.24) is 19.7 Å². The largest absolute Gasteiger partial charge is 0.371 e. The van der Waals surface area contributed by atoms with Crippen LogP contribution in [-0.4, -0.2) is 32.7 Å². The molecule has 0 spiro atoms. The lowest BCUT2D eigenvalue weighted by molar-refractivity contribution is 0.100. The molecule has 0 bridgehead atoms. The number of rotatable bonds is 3. The number of hydrogen-bond acceptors (Lipinski definition) is 4. The first-order chi connectivity index (χ1) is 11.9. The zero-order chi connectivity index (χ0) is 18.1. The van der Waals surface area contributed by atoms with Gasteiger partial charge in [-0.15, -0.1) is 5.10 Å². The van der Waals surface area contributed by atoms with E-state index in [-0.39, 0.29) is 28.0 Å². The van der Waals surface area contributed by atoms with Crippen LogP contribution in [0, 0.1) is 23.6 Å². The lowest BCUT2D eigenvalue weighted by Gasteiger charge is -1.97. The van der Waals surface area contributed by atoms with Gasteiger partial charge in [-0.2, -0.15) is 4.68 Å². The number of carbonyl (C=O) groups excluding carboxylic acids is 1. The minimum absolute atomic E-state index is 0.00692. The van der Waals surface area contributed by atoms with Gasteiger partial charge in [0.2, 0.25) is 0 Å². The Bertz CT molecular complexity index is 1040. The molecular weight excluding hydrogens is 330 g/mol. The van der Waals surface area contributed by atoms with E-state index in [0.29, 0.717) is 12.2 Å². The Kier molecular flexibility index (Phi) is 4.10. The molecule has 0 aliphatic carbocycles. The van der Waals surface area contributed by atoms with E-state index in [1.807, 2.05) is 6.92 Å². The number of hydrogen-bond donors (Lipinski definition) is 3. The fourth-order valence-electron chi connectivity index (χ4n) is 2.31. The van der Waals surface area contributed by atoms with Crippen molar-refractivity contribution >= 4 is 22.8 Å². The first-order valence-corrected chi connectivity index (χ1v) is 7.40. The number of nitrogens with two attached hydrogens (primary N) is 1. The summed E-state index contributed by atoms with van der Waals surface area (Å²) in [5.41, 5.74) is 5.50. The van der Waals surface area contributed by atoms with Gasteiger partial charge in [-0.05, 0) is 12.0 Å². The number of aromatic nitrogens is 4. The number of primary amides is 1. The molecule has 2 aromatic heterocycles. The second-order valence-corrected chi connectivity index (χ2v) is 5.17. The summed E-state index contributed by atoms with van der Waals surface area (Å²) in [6.07, 6.45) is 1.87. The number of nitrogens with zero attached hydrogens (tertiary/aromatic N) is 3. The Morgan fingerprint density at radius 3 is 2.80 bits per heavy atom. The van der Waals surface area contributed by atoms with E-state index in [9.17, 15) is 13.6 Å². The Morgan fingerprint density at radius 1 is 1.44 bits per heavy atom. The number of amides is 1. The molecule has 3 aromatic rings. The quantitative estimate of drug-likeness (QED) is 0.628. The number of fused-ring (bicyclic) bond motifs is 1. The van der Waals surface area contributed by atoms with Crippen LogP contribution in [0.2, 0.25) is 0 Å². The van der Waals surface area contributed by atoms with Crippen LogP contribution in [0.5, 0.6) is 0 Å². The molecule has 0 atom stereocenters. The Labute approximate surface area is 141 Å². The van der Waals surface area contributed by atoms with E-state index in [4.69, 9.17) is 5.73 Å². The number of H-pyrrole nitrogens is 1. The predicted molar refractivity (Wildman–Crippen MR) is 88.0 cm³/mol. The van der Waals surface area contributed by atoms with E-state index in [0.717, 1.165) is 4.68 Å². The number of carbonyl (C=O) groups is 1. The van der Waals surface area contributed by atoms with Crippen molar-refractivity contribution in [2.24, 2.45) is 5.73 Å². The Hall–Kier alpha value is -3.41. The van der Waals surface area contributed by atoms with Crippen molar-refractivity contribution in [3.8, 4) is 12.0 Å². The van der Waals surface area contributed by atoms with Crippen molar-refractivity contribution in [3.05, 3.63) is 40.8 Å². The maximum atomic E-state index is 14.2. The number of halogens is 2. The summed E-state index contributed by atoms with van der Waals surface area (Å²) in [5.74, 6) is 0.485. The first-order valence-electron chi connectivity index (χ1n) is 7.40. The molecule has 7 nitrogen and oxygen atoms in total. The van der Waals surface area contributed by atoms with Crippen molar-refractivity contribution in [2.45, 2.75) is 13.3 Å². The maximum absolute atomic E-state index is 14.2. The second-order valence-electron chi connectivity index (χ2n) is 5.17. The molecular formula is C16H14F2N6O. The van der Waals surface area contributed by atoms with Crippen molar-refractivity contribution in [3.63, 3.8) is 0 Å². The number of aromatic amines is 1. The molecule has 3 rings (SSSR count). The number of imidazole rings is 1. The summed E-state index contributed by atoms with van der Waals surface area (Å²) >= 11 is 0. The summed E-state index contributed by atoms with van der Waals surface area (Å²) in [6, 6.07) is 3.88. The molecule has 0 aliphatic heterocycles. The molecule has 0 saturated heterocycles. The Balaban J connectivity index is 2.06. The average molecular weight is 344 g/mol. The van der Waals surface area contributed by atoms with Gasteiger partial charge >= 0.3 is 0 Å². The molecule has 0 radical (unpaired) electrons. The van der Waals surface area contributed by atoms with E-state index in [2.05, 4.69) is 32.3 Å². The van der Waals surface area contributed by atoms with Crippen LogP contribution in [0.3, 0.4) is 0 Å². The summed E-state index contributed by atoms with van der Waals surface area (Å²) in [7, 11) is 1.57. The summed E-state index contributed by atoms with van der Waals surface area (Å²) in [6.45, 7) is 1.85. The van der Waals surface area contributed by atoms with E-state index >= 15 is 0 Å². The van der Waals surface area contributed by atoms with Gasteiger partial charge in [-0.25, -0.2) is 13.8 Å². The summed E-state index contributed by atoms with van der Waals surface area (Å²) in [4.78, 5) is 18.2. The van der Waals surface area contributed by atoms with E-state index in [1.54, 1.807) is 7.05 Å². The summed E-state index contributed by atoms with van der Waals surface area (Å²) < 4.78 is 29.4. The molecule has 25 heavy (non-hydrogen) atoms. The zero-order valence-corrected chi connectivity index (χ0v) is 13.4. The van der Waals surface area contributed by atoms with E-state index in [1.165, 1.54) is 12.3 Å². The Morgan fingerprint density at radius 2 is 2.20 bits per heavy atom. The zero-order valence-electron chi connectivity index (χ0n) is 13.4. The van der Waals surface area contributed by atoms with Gasteiger partial charge in [0.05, 0.1) is 17.3 Å². The highest BCUT2D eigenvalue weighted by Gasteiger charge is 2.16. The molecule has 0 fully saturated rings. The normalized spacial score (nSPS) is 10.6. The van der Waals surface area contributed by atoms with Crippen LogP contribution < -0.4 is 11.1 Å². The number of nitrogens with one attached hydrogen (secondary N) is 2. The number of anilines is 1. The van der Waals surface area contributed by atoms with Crippen LogP contribution in [0.1, 0.15) is 28.7 Å². The third-order valence-corrected chi connectivity index (χ3v) is 3.57. The van der Waals surface area contributed by atoms with Crippen molar-refractivity contribution < 1.29 is 13.6 Å². The topological polar surface area (TPSA) is 102 Å². The molecule has 0 saturated carbocycles. The monoisotopic (exact) mass is 344 g/mol. The fraction of sp³-hybridized carbons (Fsp3) is 0.188. The number of benzene rings is 1. The lowest BCUT2D eigenvalue weighted by Crippen LogP contribution is -2.11. The van der Waals surface area contributed by atoms with Crippen LogP contribution in [0.15, 0.2) is 12.3 Å². The molecule has 4 N–H and O–H groups in total. The van der Waals surface area contributed by atoms with Gasteiger partial charge in [0.15, 0.2) is 17.5 Å². The SMILES string of the molecule is CCc1nc2cc(C#Cn3cc(C(N)=O)c(NC)n3)c(F)c(F)c2[nH]1. The van der Waals surface area contributed by atoms with Gasteiger partial charge in [-0.1, -0.05) is 6.92 Å². The highest BCUT2D eigenvalue weighted by molar-refractivity contribution is 5.97. The van der Waals surface area contributed by atoms with Crippen LogP contribution in [0.4, 0.5) is 14.6 Å². The molecule has 1 amide bonds. The minimum atomic E-state index is -1.08. The molecule has 0 aliphatic rings. The maximum Gasteiger partial charge on any atom is 0.254 e. The van der Waals surface area contributed by atoms with Crippen molar-refractivity contribution in [1.29, 1.82) is 0 Å². The third kappa shape index (κ3) is 2.89. The van der Waals surface area contributed by atoms with E-state index < -0.39 is 17.5 Å². The van der Waals surface area contributed by atoms with Gasteiger partial charge < -0.3 is 16.0 Å². The molecule has 2 heterocycles. The van der Waals surface area contributed by atoms with Gasteiger partial charge in [0, 0.05) is 19.5 Å². The highest BCUT2D eigenvalue weighted by Crippen LogP contribution is 2.22. The molecule has 1 aromatic carbocycles. The molecule has 9 heteroatoms. The highest BCUT2D eigenvalue weighted by atomic mass is 19.2. The lowest BCUT2D eigenvalue weighted by atomic mass is 10.2. The fourth-order valence-corrected chi connectivity index (χ4v) is 2.31.